The summed E-state index contributed by atoms with van der Waals surface area (Å²) in [5.74, 6) is 1.46. The first-order valence-electron chi connectivity index (χ1n) is 7.40. The van der Waals surface area contributed by atoms with Gasteiger partial charge in [-0.3, -0.25) is 9.69 Å². The van der Waals surface area contributed by atoms with E-state index in [0.29, 0.717) is 6.54 Å². The van der Waals surface area contributed by atoms with Crippen LogP contribution in [0.3, 0.4) is 0 Å². The van der Waals surface area contributed by atoms with Crippen molar-refractivity contribution in [2.75, 3.05) is 19.6 Å². The van der Waals surface area contributed by atoms with Crippen LogP contribution in [-0.4, -0.2) is 30.4 Å². The van der Waals surface area contributed by atoms with E-state index in [0.717, 1.165) is 31.7 Å². The second-order valence-corrected chi connectivity index (χ2v) is 5.65. The minimum Gasteiger partial charge on any atom is -0.468 e. The molecule has 1 saturated carbocycles. The van der Waals surface area contributed by atoms with Gasteiger partial charge in [0.2, 0.25) is 5.91 Å². The van der Waals surface area contributed by atoms with Crippen molar-refractivity contribution < 1.29 is 9.21 Å². The fraction of sp³-hybridized carbons (Fsp3) is 0.667. The highest BCUT2D eigenvalue weighted by molar-refractivity contribution is 5.80. The van der Waals surface area contributed by atoms with Gasteiger partial charge in [0.05, 0.1) is 12.3 Å². The van der Waals surface area contributed by atoms with Crippen LogP contribution >= 0.6 is 0 Å². The number of furan rings is 1. The van der Waals surface area contributed by atoms with Gasteiger partial charge in [-0.1, -0.05) is 6.42 Å². The van der Waals surface area contributed by atoms with Crippen molar-refractivity contribution in [1.82, 2.24) is 10.2 Å². The molecule has 4 heteroatoms. The zero-order valence-corrected chi connectivity index (χ0v) is 11.3. The number of carbonyl (C=O) groups is 1. The van der Waals surface area contributed by atoms with Crippen molar-refractivity contribution in [3.8, 4) is 0 Å². The minimum absolute atomic E-state index is 0.193. The molecule has 1 N–H and O–H groups in total. The van der Waals surface area contributed by atoms with Crippen molar-refractivity contribution >= 4 is 5.91 Å². The maximum atomic E-state index is 11.8. The van der Waals surface area contributed by atoms with Crippen LogP contribution in [0.1, 0.15) is 43.9 Å². The average Bonchev–Trinajstić information content (AvgIpc) is 3.17. The van der Waals surface area contributed by atoms with Crippen molar-refractivity contribution in [2.45, 2.75) is 38.1 Å². The molecule has 0 spiro atoms. The quantitative estimate of drug-likeness (QED) is 0.886. The summed E-state index contributed by atoms with van der Waals surface area (Å²) in [4.78, 5) is 14.2. The summed E-state index contributed by atoms with van der Waals surface area (Å²) in [6, 6.07) is 4.13. The van der Waals surface area contributed by atoms with Crippen molar-refractivity contribution in [1.29, 1.82) is 0 Å². The van der Waals surface area contributed by atoms with E-state index in [1.165, 1.54) is 19.3 Å². The van der Waals surface area contributed by atoms with Crippen LogP contribution < -0.4 is 5.32 Å². The lowest BCUT2D eigenvalue weighted by molar-refractivity contribution is -0.122. The third kappa shape index (κ3) is 3.18. The topological polar surface area (TPSA) is 45.5 Å². The first-order chi connectivity index (χ1) is 9.34. The summed E-state index contributed by atoms with van der Waals surface area (Å²) in [7, 11) is 0. The monoisotopic (exact) mass is 262 g/mol. The molecule has 2 heterocycles. The molecule has 0 bridgehead atoms. The van der Waals surface area contributed by atoms with Gasteiger partial charge in [-0.25, -0.2) is 0 Å². The van der Waals surface area contributed by atoms with Crippen LogP contribution in [0.15, 0.2) is 22.8 Å². The zero-order chi connectivity index (χ0) is 13.1. The lowest BCUT2D eigenvalue weighted by Gasteiger charge is -2.33. The molecule has 1 atom stereocenters. The summed E-state index contributed by atoms with van der Waals surface area (Å²) in [5.41, 5.74) is 0. The SMILES string of the molecule is O=C(NCC(c1ccco1)N1CCCCC1)C1CC1. The van der Waals surface area contributed by atoms with E-state index < -0.39 is 0 Å². The first-order valence-corrected chi connectivity index (χ1v) is 7.40. The van der Waals surface area contributed by atoms with E-state index in [1.807, 2.05) is 12.1 Å². The molecule has 0 radical (unpaired) electrons. The smallest absolute Gasteiger partial charge is 0.223 e. The maximum absolute atomic E-state index is 11.8. The van der Waals surface area contributed by atoms with Crippen LogP contribution in [-0.2, 0) is 4.79 Å². The molecule has 0 aromatic carbocycles. The molecule has 1 aromatic rings. The van der Waals surface area contributed by atoms with Gasteiger partial charge in [-0.15, -0.1) is 0 Å². The molecule has 1 aliphatic carbocycles. The molecule has 1 amide bonds. The average molecular weight is 262 g/mol. The van der Waals surface area contributed by atoms with Gasteiger partial charge in [0, 0.05) is 12.5 Å². The van der Waals surface area contributed by atoms with Crippen molar-refractivity contribution in [2.24, 2.45) is 5.92 Å². The van der Waals surface area contributed by atoms with Gasteiger partial charge in [-0.05, 0) is 50.9 Å². The standard InChI is InChI=1S/C15H22N2O2/c18-15(12-6-7-12)16-11-13(14-5-4-10-19-14)17-8-2-1-3-9-17/h4-5,10,12-13H,1-3,6-9,11H2,(H,16,18). The number of carbonyl (C=O) groups excluding carboxylic acids is 1. The molecule has 1 saturated heterocycles. The van der Waals surface area contributed by atoms with E-state index in [-0.39, 0.29) is 17.9 Å². The maximum Gasteiger partial charge on any atom is 0.223 e. The van der Waals surface area contributed by atoms with Gasteiger partial charge in [-0.2, -0.15) is 0 Å². The highest BCUT2D eigenvalue weighted by Crippen LogP contribution is 2.29. The number of hydrogen-bond donors (Lipinski definition) is 1. The van der Waals surface area contributed by atoms with E-state index >= 15 is 0 Å². The summed E-state index contributed by atoms with van der Waals surface area (Å²) in [5, 5.41) is 3.09. The molecular formula is C15H22N2O2. The number of nitrogens with zero attached hydrogens (tertiary/aromatic N) is 1. The number of likely N-dealkylation sites (tertiary alicyclic amines) is 1. The first kappa shape index (κ1) is 12.7. The van der Waals surface area contributed by atoms with Crippen molar-refractivity contribution in [3.63, 3.8) is 0 Å². The number of nitrogens with one attached hydrogen (secondary N) is 1. The fourth-order valence-electron chi connectivity index (χ4n) is 2.81. The number of rotatable bonds is 5. The molecule has 1 aromatic heterocycles. The Labute approximate surface area is 114 Å². The van der Waals surface area contributed by atoms with Gasteiger partial charge < -0.3 is 9.73 Å². The summed E-state index contributed by atoms with van der Waals surface area (Å²) in [6.07, 6.45) is 7.63. The fourth-order valence-corrected chi connectivity index (χ4v) is 2.81. The van der Waals surface area contributed by atoms with Crippen LogP contribution in [0.25, 0.3) is 0 Å². The summed E-state index contributed by atoms with van der Waals surface area (Å²) >= 11 is 0. The normalized spacial score (nSPS) is 22.1. The highest BCUT2D eigenvalue weighted by Gasteiger charge is 2.31. The Hall–Kier alpha value is -1.29. The molecule has 104 valence electrons. The zero-order valence-electron chi connectivity index (χ0n) is 11.3. The molecule has 4 nitrogen and oxygen atoms in total. The van der Waals surface area contributed by atoms with E-state index in [9.17, 15) is 4.79 Å². The third-order valence-electron chi connectivity index (χ3n) is 4.12. The second-order valence-electron chi connectivity index (χ2n) is 5.65. The Morgan fingerprint density at radius 3 is 2.79 bits per heavy atom. The highest BCUT2D eigenvalue weighted by atomic mass is 16.3. The molecule has 19 heavy (non-hydrogen) atoms. The Morgan fingerprint density at radius 1 is 1.37 bits per heavy atom. The molecular weight excluding hydrogens is 240 g/mol. The van der Waals surface area contributed by atoms with E-state index in [2.05, 4.69) is 10.2 Å². The molecule has 1 aliphatic heterocycles. The van der Waals surface area contributed by atoms with E-state index in [4.69, 9.17) is 4.42 Å². The van der Waals surface area contributed by atoms with Gasteiger partial charge in [0.15, 0.2) is 0 Å². The number of hydrogen-bond acceptors (Lipinski definition) is 3. The lowest BCUT2D eigenvalue weighted by atomic mass is 10.1. The van der Waals surface area contributed by atoms with Crippen molar-refractivity contribution in [3.05, 3.63) is 24.2 Å². The number of piperidine rings is 1. The Kier molecular flexibility index (Phi) is 3.87. The largest absolute Gasteiger partial charge is 0.468 e. The Morgan fingerprint density at radius 2 is 2.16 bits per heavy atom. The summed E-state index contributed by atoms with van der Waals surface area (Å²) < 4.78 is 5.56. The van der Waals surface area contributed by atoms with Crippen LogP contribution in [0.2, 0.25) is 0 Å². The molecule has 2 fully saturated rings. The predicted octanol–water partition coefficient (Wildman–Crippen LogP) is 2.33. The predicted molar refractivity (Wildman–Crippen MR) is 72.6 cm³/mol. The molecule has 1 unspecified atom stereocenters. The van der Waals surface area contributed by atoms with Gasteiger partial charge in [0.25, 0.3) is 0 Å². The molecule has 2 aliphatic rings. The Bertz CT molecular complexity index is 406. The molecule has 3 rings (SSSR count). The second kappa shape index (κ2) is 5.78. The van der Waals surface area contributed by atoms with E-state index in [1.54, 1.807) is 6.26 Å². The van der Waals surface area contributed by atoms with Crippen LogP contribution in [0.5, 0.6) is 0 Å². The third-order valence-corrected chi connectivity index (χ3v) is 4.12. The van der Waals surface area contributed by atoms with Gasteiger partial charge in [0.1, 0.15) is 5.76 Å². The van der Waals surface area contributed by atoms with Gasteiger partial charge >= 0.3 is 0 Å². The van der Waals surface area contributed by atoms with Crippen LogP contribution in [0, 0.1) is 5.92 Å². The van der Waals surface area contributed by atoms with Crippen LogP contribution in [0.4, 0.5) is 0 Å². The lowest BCUT2D eigenvalue weighted by Crippen LogP contribution is -2.40. The summed E-state index contributed by atoms with van der Waals surface area (Å²) in [6.45, 7) is 2.87. The Balaban J connectivity index is 1.63. The minimum atomic E-state index is 0.193. The number of amides is 1.